The third-order valence-corrected chi connectivity index (χ3v) is 3.38. The lowest BCUT2D eigenvalue weighted by Gasteiger charge is -2.33. The largest absolute Gasteiger partial charge is 0.508 e. The number of ether oxygens (including phenoxy) is 1. The van der Waals surface area contributed by atoms with E-state index < -0.39 is 0 Å². The average molecular weight is 236 g/mol. The van der Waals surface area contributed by atoms with Crippen LogP contribution in [-0.2, 0) is 0 Å². The van der Waals surface area contributed by atoms with E-state index in [1.807, 2.05) is 6.07 Å². The molecule has 1 aliphatic heterocycles. The smallest absolute Gasteiger partial charge is 0.120 e. The molecule has 4 nitrogen and oxygen atoms in total. The predicted molar refractivity (Wildman–Crippen MR) is 67.5 cm³/mol. The van der Waals surface area contributed by atoms with Gasteiger partial charge in [0.1, 0.15) is 11.5 Å². The first kappa shape index (κ1) is 12.2. The van der Waals surface area contributed by atoms with Crippen LogP contribution in [0.25, 0.3) is 0 Å². The molecule has 2 rings (SSSR count). The lowest BCUT2D eigenvalue weighted by molar-refractivity contribution is 0.182. The quantitative estimate of drug-likeness (QED) is 0.832. The third kappa shape index (κ3) is 2.70. The fourth-order valence-corrected chi connectivity index (χ4v) is 2.26. The van der Waals surface area contributed by atoms with Crippen LogP contribution in [0.3, 0.4) is 0 Å². The van der Waals surface area contributed by atoms with Crippen LogP contribution in [-0.4, -0.2) is 43.3 Å². The monoisotopic (exact) mass is 236 g/mol. The molecule has 0 saturated carbocycles. The van der Waals surface area contributed by atoms with E-state index in [4.69, 9.17) is 4.74 Å². The summed E-state index contributed by atoms with van der Waals surface area (Å²) >= 11 is 0. The van der Waals surface area contributed by atoms with E-state index >= 15 is 0 Å². The van der Waals surface area contributed by atoms with Gasteiger partial charge in [-0.2, -0.15) is 0 Å². The van der Waals surface area contributed by atoms with Crippen molar-refractivity contribution in [1.29, 1.82) is 0 Å². The molecule has 0 aliphatic carbocycles. The van der Waals surface area contributed by atoms with Gasteiger partial charge in [-0.15, -0.1) is 0 Å². The first-order chi connectivity index (χ1) is 8.22. The predicted octanol–water partition coefficient (Wildman–Crippen LogP) is 1.37. The number of piperazine rings is 1. The van der Waals surface area contributed by atoms with Gasteiger partial charge in [-0.05, 0) is 25.1 Å². The highest BCUT2D eigenvalue weighted by atomic mass is 16.5. The molecule has 17 heavy (non-hydrogen) atoms. The Kier molecular flexibility index (Phi) is 3.86. The Balaban J connectivity index is 2.19. The molecule has 1 aromatic rings. The summed E-state index contributed by atoms with van der Waals surface area (Å²) in [6.07, 6.45) is 0. The summed E-state index contributed by atoms with van der Waals surface area (Å²) in [7, 11) is 1.64. The molecule has 2 N–H and O–H groups in total. The molecular formula is C13H20N2O2. The van der Waals surface area contributed by atoms with Crippen LogP contribution in [0.5, 0.6) is 11.5 Å². The van der Waals surface area contributed by atoms with Crippen molar-refractivity contribution in [3.63, 3.8) is 0 Å². The second-order valence-electron chi connectivity index (χ2n) is 4.39. The van der Waals surface area contributed by atoms with Crippen LogP contribution in [0.1, 0.15) is 18.5 Å². The molecule has 1 aliphatic rings. The number of phenols is 1. The first-order valence-corrected chi connectivity index (χ1v) is 6.04. The maximum Gasteiger partial charge on any atom is 0.120 e. The third-order valence-electron chi connectivity index (χ3n) is 3.38. The number of benzene rings is 1. The molecular weight excluding hydrogens is 216 g/mol. The molecule has 0 aromatic heterocycles. The van der Waals surface area contributed by atoms with E-state index in [2.05, 4.69) is 17.1 Å². The van der Waals surface area contributed by atoms with Crippen molar-refractivity contribution in [2.45, 2.75) is 13.0 Å². The van der Waals surface area contributed by atoms with Gasteiger partial charge in [0.25, 0.3) is 0 Å². The maximum atomic E-state index is 9.93. The molecule has 1 heterocycles. The second-order valence-corrected chi connectivity index (χ2v) is 4.39. The van der Waals surface area contributed by atoms with Gasteiger partial charge in [0.15, 0.2) is 0 Å². The highest BCUT2D eigenvalue weighted by Gasteiger charge is 2.20. The van der Waals surface area contributed by atoms with Crippen molar-refractivity contribution in [3.05, 3.63) is 23.8 Å². The highest BCUT2D eigenvalue weighted by molar-refractivity contribution is 5.41. The van der Waals surface area contributed by atoms with E-state index in [9.17, 15) is 5.11 Å². The number of rotatable bonds is 3. The molecule has 94 valence electrons. The number of methoxy groups -OCH3 is 1. The summed E-state index contributed by atoms with van der Waals surface area (Å²) in [6, 6.07) is 5.62. The number of aromatic hydroxyl groups is 1. The van der Waals surface area contributed by atoms with Gasteiger partial charge >= 0.3 is 0 Å². The van der Waals surface area contributed by atoms with Crippen LogP contribution in [0.4, 0.5) is 0 Å². The van der Waals surface area contributed by atoms with E-state index in [1.54, 1.807) is 19.2 Å². The topological polar surface area (TPSA) is 44.7 Å². The van der Waals surface area contributed by atoms with Gasteiger partial charge in [0.2, 0.25) is 0 Å². The number of nitrogens with zero attached hydrogens (tertiary/aromatic N) is 1. The Morgan fingerprint density at radius 2 is 2.06 bits per heavy atom. The number of hydrogen-bond acceptors (Lipinski definition) is 4. The Labute approximate surface area is 102 Å². The zero-order chi connectivity index (χ0) is 12.3. The van der Waals surface area contributed by atoms with Crippen LogP contribution in [0.15, 0.2) is 18.2 Å². The summed E-state index contributed by atoms with van der Waals surface area (Å²) in [5.41, 5.74) is 0.936. The van der Waals surface area contributed by atoms with Gasteiger partial charge in [-0.25, -0.2) is 0 Å². The van der Waals surface area contributed by atoms with E-state index in [-0.39, 0.29) is 6.04 Å². The van der Waals surface area contributed by atoms with E-state index in [0.717, 1.165) is 37.5 Å². The van der Waals surface area contributed by atoms with Crippen molar-refractivity contribution in [1.82, 2.24) is 10.2 Å². The van der Waals surface area contributed by atoms with Gasteiger partial charge in [-0.1, -0.05) is 0 Å². The fourth-order valence-electron chi connectivity index (χ4n) is 2.26. The minimum atomic E-state index is 0.215. The van der Waals surface area contributed by atoms with E-state index in [1.165, 1.54) is 0 Å². The summed E-state index contributed by atoms with van der Waals surface area (Å²) in [5, 5.41) is 13.3. The SMILES string of the molecule is COc1ccc(O)c(C(C)N2CCNCC2)c1. The molecule has 0 spiro atoms. The maximum absolute atomic E-state index is 9.93. The van der Waals surface area contributed by atoms with Gasteiger partial charge in [0, 0.05) is 37.8 Å². The highest BCUT2D eigenvalue weighted by Crippen LogP contribution is 2.31. The van der Waals surface area contributed by atoms with Crippen LogP contribution < -0.4 is 10.1 Å². The summed E-state index contributed by atoms with van der Waals surface area (Å²) in [6.45, 7) is 6.17. The van der Waals surface area contributed by atoms with Crippen molar-refractivity contribution in [2.24, 2.45) is 0 Å². The lowest BCUT2D eigenvalue weighted by Crippen LogP contribution is -2.44. The molecule has 1 fully saturated rings. The van der Waals surface area contributed by atoms with Crippen LogP contribution in [0, 0.1) is 0 Å². The molecule has 0 radical (unpaired) electrons. The second kappa shape index (κ2) is 5.38. The number of nitrogens with one attached hydrogen (secondary N) is 1. The van der Waals surface area contributed by atoms with Crippen molar-refractivity contribution < 1.29 is 9.84 Å². The normalized spacial score (nSPS) is 18.9. The molecule has 0 bridgehead atoms. The summed E-state index contributed by atoms with van der Waals surface area (Å²) in [4.78, 5) is 2.37. The minimum absolute atomic E-state index is 0.215. The minimum Gasteiger partial charge on any atom is -0.508 e. The summed E-state index contributed by atoms with van der Waals surface area (Å²) in [5.74, 6) is 1.14. The molecule has 0 amide bonds. The number of hydrogen-bond donors (Lipinski definition) is 2. The van der Waals surface area contributed by atoms with Crippen molar-refractivity contribution in [2.75, 3.05) is 33.3 Å². The van der Waals surface area contributed by atoms with Crippen molar-refractivity contribution in [3.8, 4) is 11.5 Å². The Hall–Kier alpha value is -1.26. The standard InChI is InChI=1S/C13H20N2O2/c1-10(15-7-5-14-6-8-15)12-9-11(17-2)3-4-13(12)16/h3-4,9-10,14,16H,5-8H2,1-2H3. The molecule has 1 unspecified atom stereocenters. The lowest BCUT2D eigenvalue weighted by atomic mass is 10.0. The Morgan fingerprint density at radius 1 is 1.35 bits per heavy atom. The zero-order valence-corrected chi connectivity index (χ0v) is 10.4. The molecule has 1 saturated heterocycles. The summed E-state index contributed by atoms with van der Waals surface area (Å²) < 4.78 is 5.21. The zero-order valence-electron chi connectivity index (χ0n) is 10.4. The van der Waals surface area contributed by atoms with Crippen LogP contribution >= 0.6 is 0 Å². The van der Waals surface area contributed by atoms with Gasteiger partial charge in [0.05, 0.1) is 7.11 Å². The van der Waals surface area contributed by atoms with Crippen molar-refractivity contribution >= 4 is 0 Å². The Morgan fingerprint density at radius 3 is 2.71 bits per heavy atom. The van der Waals surface area contributed by atoms with E-state index in [0.29, 0.717) is 5.75 Å². The molecule has 1 atom stereocenters. The van der Waals surface area contributed by atoms with Gasteiger partial charge < -0.3 is 15.2 Å². The average Bonchev–Trinajstić information content (AvgIpc) is 2.39. The molecule has 1 aromatic carbocycles. The van der Waals surface area contributed by atoms with Crippen LogP contribution in [0.2, 0.25) is 0 Å². The first-order valence-electron chi connectivity index (χ1n) is 6.04. The fraction of sp³-hybridized carbons (Fsp3) is 0.538. The van der Waals surface area contributed by atoms with Gasteiger partial charge in [-0.3, -0.25) is 4.90 Å². The Bertz CT molecular complexity index is 376. The molecule has 4 heteroatoms. The number of phenolic OH excluding ortho intramolecular Hbond substituents is 1.